The van der Waals surface area contributed by atoms with Gasteiger partial charge in [-0.1, -0.05) is 26.3 Å². The number of rotatable bonds is 8. The van der Waals surface area contributed by atoms with E-state index in [0.29, 0.717) is 11.5 Å². The van der Waals surface area contributed by atoms with Crippen LogP contribution in [-0.4, -0.2) is 32.2 Å². The lowest BCUT2D eigenvalue weighted by Crippen LogP contribution is -2.28. The largest absolute Gasteiger partial charge is 0.493 e. The molecule has 0 heterocycles. The minimum Gasteiger partial charge on any atom is -0.493 e. The average molecular weight is 276 g/mol. The van der Waals surface area contributed by atoms with Crippen LogP contribution in [0.1, 0.15) is 38.3 Å². The predicted molar refractivity (Wildman–Crippen MR) is 80.1 cm³/mol. The topological polar surface area (TPSA) is 45.5 Å². The zero-order valence-corrected chi connectivity index (χ0v) is 12.8. The molecule has 0 fully saturated rings. The molecule has 20 heavy (non-hydrogen) atoms. The molecular formula is C16H24N2O2. The first-order valence-electron chi connectivity index (χ1n) is 7.07. The Bertz CT molecular complexity index is 454. The summed E-state index contributed by atoms with van der Waals surface area (Å²) in [6.45, 7) is 6.03. The van der Waals surface area contributed by atoms with Gasteiger partial charge in [-0.3, -0.25) is 4.90 Å². The molecule has 0 aromatic heterocycles. The Balaban J connectivity index is 3.02. The zero-order valence-electron chi connectivity index (χ0n) is 12.8. The third-order valence-electron chi connectivity index (χ3n) is 3.42. The van der Waals surface area contributed by atoms with Crippen molar-refractivity contribution < 1.29 is 9.47 Å². The van der Waals surface area contributed by atoms with Crippen molar-refractivity contribution in [1.82, 2.24) is 4.90 Å². The molecule has 4 nitrogen and oxygen atoms in total. The van der Waals surface area contributed by atoms with Gasteiger partial charge in [-0.05, 0) is 37.2 Å². The number of hydrogen-bond acceptors (Lipinski definition) is 4. The molecule has 0 saturated carbocycles. The highest BCUT2D eigenvalue weighted by molar-refractivity contribution is 5.44. The highest BCUT2D eigenvalue weighted by Crippen LogP contribution is 2.31. The number of nitrogens with zero attached hydrogens (tertiary/aromatic N) is 2. The summed E-state index contributed by atoms with van der Waals surface area (Å²) in [6.07, 6.45) is 2.22. The first kappa shape index (κ1) is 16.3. The second kappa shape index (κ2) is 8.44. The number of unbranched alkanes of at least 4 members (excludes halogenated alkanes) is 1. The van der Waals surface area contributed by atoms with E-state index in [1.165, 1.54) is 0 Å². The van der Waals surface area contributed by atoms with Gasteiger partial charge in [0.15, 0.2) is 11.5 Å². The van der Waals surface area contributed by atoms with Gasteiger partial charge in [0.1, 0.15) is 6.04 Å². The molecule has 0 N–H and O–H groups in total. The number of hydrogen-bond donors (Lipinski definition) is 0. The summed E-state index contributed by atoms with van der Waals surface area (Å²) in [6, 6.07) is 7.83. The first-order valence-corrected chi connectivity index (χ1v) is 7.07. The minimum absolute atomic E-state index is 0.244. The molecule has 0 aliphatic heterocycles. The molecule has 0 spiro atoms. The summed E-state index contributed by atoms with van der Waals surface area (Å²) >= 11 is 0. The highest BCUT2D eigenvalue weighted by atomic mass is 16.5. The third kappa shape index (κ3) is 3.88. The lowest BCUT2D eigenvalue weighted by molar-refractivity contribution is 0.244. The van der Waals surface area contributed by atoms with Gasteiger partial charge in [0.05, 0.1) is 20.3 Å². The molecule has 1 rings (SSSR count). The Labute approximate surface area is 121 Å². The normalized spacial score (nSPS) is 12.0. The van der Waals surface area contributed by atoms with Gasteiger partial charge < -0.3 is 9.47 Å². The first-order chi connectivity index (χ1) is 9.71. The third-order valence-corrected chi connectivity index (χ3v) is 3.42. The van der Waals surface area contributed by atoms with Crippen LogP contribution >= 0.6 is 0 Å². The summed E-state index contributed by atoms with van der Waals surface area (Å²) in [7, 11) is 3.22. The quantitative estimate of drug-likeness (QED) is 0.730. The van der Waals surface area contributed by atoms with Gasteiger partial charge in [-0.15, -0.1) is 0 Å². The van der Waals surface area contributed by atoms with Crippen molar-refractivity contribution in [3.63, 3.8) is 0 Å². The van der Waals surface area contributed by atoms with Gasteiger partial charge in [0, 0.05) is 0 Å². The Morgan fingerprint density at radius 1 is 1.20 bits per heavy atom. The van der Waals surface area contributed by atoms with Crippen LogP contribution in [0.15, 0.2) is 18.2 Å². The lowest BCUT2D eigenvalue weighted by Gasteiger charge is -2.26. The van der Waals surface area contributed by atoms with E-state index in [4.69, 9.17) is 9.47 Å². The smallest absolute Gasteiger partial charge is 0.161 e. The molecule has 0 amide bonds. The van der Waals surface area contributed by atoms with Crippen molar-refractivity contribution in [2.75, 3.05) is 27.3 Å². The van der Waals surface area contributed by atoms with E-state index >= 15 is 0 Å². The van der Waals surface area contributed by atoms with E-state index in [2.05, 4.69) is 24.8 Å². The van der Waals surface area contributed by atoms with Crippen molar-refractivity contribution >= 4 is 0 Å². The summed E-state index contributed by atoms with van der Waals surface area (Å²) < 4.78 is 10.5. The molecule has 0 bridgehead atoms. The molecule has 4 heteroatoms. The average Bonchev–Trinajstić information content (AvgIpc) is 2.50. The minimum atomic E-state index is -0.244. The summed E-state index contributed by atoms with van der Waals surface area (Å²) in [5.74, 6) is 1.35. The maximum Gasteiger partial charge on any atom is 0.161 e. The molecule has 0 aliphatic carbocycles. The molecule has 110 valence electrons. The highest BCUT2D eigenvalue weighted by Gasteiger charge is 2.19. The number of ether oxygens (including phenoxy) is 2. The van der Waals surface area contributed by atoms with Crippen molar-refractivity contribution in [2.45, 2.75) is 32.7 Å². The summed E-state index contributed by atoms with van der Waals surface area (Å²) in [5, 5.41) is 9.51. The van der Waals surface area contributed by atoms with E-state index in [-0.39, 0.29) is 6.04 Å². The molecule has 1 aromatic carbocycles. The van der Waals surface area contributed by atoms with Crippen LogP contribution in [0.5, 0.6) is 11.5 Å². The Morgan fingerprint density at radius 3 is 2.40 bits per heavy atom. The van der Waals surface area contributed by atoms with Crippen molar-refractivity contribution in [3.8, 4) is 17.6 Å². The van der Waals surface area contributed by atoms with Crippen molar-refractivity contribution in [2.24, 2.45) is 0 Å². The van der Waals surface area contributed by atoms with E-state index in [1.54, 1.807) is 14.2 Å². The SMILES string of the molecule is CCCCN(CC)C(C#N)c1ccc(OC)c(OC)c1. The maximum absolute atomic E-state index is 9.51. The van der Waals surface area contributed by atoms with Crippen LogP contribution in [-0.2, 0) is 0 Å². The lowest BCUT2D eigenvalue weighted by atomic mass is 10.1. The van der Waals surface area contributed by atoms with Gasteiger partial charge in [0.2, 0.25) is 0 Å². The fraction of sp³-hybridized carbons (Fsp3) is 0.562. The fourth-order valence-corrected chi connectivity index (χ4v) is 2.22. The second-order valence-electron chi connectivity index (χ2n) is 4.63. The molecule has 1 atom stereocenters. The van der Waals surface area contributed by atoms with Crippen LogP contribution in [0.2, 0.25) is 0 Å². The van der Waals surface area contributed by atoms with Gasteiger partial charge in [-0.2, -0.15) is 5.26 Å². The molecule has 0 saturated heterocycles. The number of benzene rings is 1. The van der Waals surface area contributed by atoms with E-state index in [0.717, 1.165) is 31.5 Å². The summed E-state index contributed by atoms with van der Waals surface area (Å²) in [4.78, 5) is 2.19. The molecule has 0 radical (unpaired) electrons. The van der Waals surface area contributed by atoms with Crippen LogP contribution in [0.3, 0.4) is 0 Å². The van der Waals surface area contributed by atoms with Gasteiger partial charge >= 0.3 is 0 Å². The fourth-order valence-electron chi connectivity index (χ4n) is 2.22. The zero-order chi connectivity index (χ0) is 15.0. The summed E-state index contributed by atoms with van der Waals surface area (Å²) in [5.41, 5.74) is 0.947. The number of nitriles is 1. The maximum atomic E-state index is 9.51. The van der Waals surface area contributed by atoms with Crippen LogP contribution in [0.4, 0.5) is 0 Å². The van der Waals surface area contributed by atoms with Crippen LogP contribution in [0.25, 0.3) is 0 Å². The Kier molecular flexibility index (Phi) is 6.89. The van der Waals surface area contributed by atoms with E-state index in [9.17, 15) is 5.26 Å². The number of methoxy groups -OCH3 is 2. The van der Waals surface area contributed by atoms with Gasteiger partial charge in [0.25, 0.3) is 0 Å². The second-order valence-corrected chi connectivity index (χ2v) is 4.63. The van der Waals surface area contributed by atoms with Crippen LogP contribution < -0.4 is 9.47 Å². The molecular weight excluding hydrogens is 252 g/mol. The standard InChI is InChI=1S/C16H24N2O2/c1-5-7-10-18(6-2)14(12-17)13-8-9-15(19-3)16(11-13)20-4/h8-9,11,14H,5-7,10H2,1-4H3. The monoisotopic (exact) mass is 276 g/mol. The molecule has 0 aliphatic rings. The Hall–Kier alpha value is -1.73. The van der Waals surface area contributed by atoms with Crippen molar-refractivity contribution in [3.05, 3.63) is 23.8 Å². The predicted octanol–water partition coefficient (Wildman–Crippen LogP) is 3.39. The van der Waals surface area contributed by atoms with E-state index in [1.807, 2.05) is 18.2 Å². The van der Waals surface area contributed by atoms with Crippen molar-refractivity contribution in [1.29, 1.82) is 5.26 Å². The van der Waals surface area contributed by atoms with E-state index < -0.39 is 0 Å². The molecule has 1 unspecified atom stereocenters. The molecule has 1 aromatic rings. The van der Waals surface area contributed by atoms with Gasteiger partial charge in [-0.25, -0.2) is 0 Å². The van der Waals surface area contributed by atoms with Crippen LogP contribution in [0, 0.1) is 11.3 Å². The Morgan fingerprint density at radius 2 is 1.90 bits per heavy atom.